The Labute approximate surface area is 202 Å². The van der Waals surface area contributed by atoms with E-state index in [4.69, 9.17) is 4.74 Å². The number of pyridine rings is 1. The number of nitriles is 1. The molecular formula is C26H27N5O4. The molecule has 1 aromatic carbocycles. The van der Waals surface area contributed by atoms with Gasteiger partial charge in [0.15, 0.2) is 0 Å². The van der Waals surface area contributed by atoms with Gasteiger partial charge in [-0.25, -0.2) is 0 Å². The molecule has 2 amide bonds. The highest BCUT2D eigenvalue weighted by atomic mass is 16.5. The van der Waals surface area contributed by atoms with E-state index in [1.54, 1.807) is 24.1 Å². The van der Waals surface area contributed by atoms with Crippen LogP contribution in [0.2, 0.25) is 0 Å². The lowest BCUT2D eigenvalue weighted by atomic mass is 9.84. The fourth-order valence-corrected chi connectivity index (χ4v) is 5.65. The molecule has 0 bridgehead atoms. The summed E-state index contributed by atoms with van der Waals surface area (Å²) < 4.78 is 5.42. The Bertz CT molecular complexity index is 1380. The van der Waals surface area contributed by atoms with Gasteiger partial charge < -0.3 is 24.9 Å². The molecule has 2 atom stereocenters. The molecule has 9 heteroatoms. The van der Waals surface area contributed by atoms with Crippen LogP contribution in [-0.4, -0.2) is 46.4 Å². The fourth-order valence-electron chi connectivity index (χ4n) is 5.65. The van der Waals surface area contributed by atoms with Gasteiger partial charge in [0.05, 0.1) is 18.7 Å². The number of rotatable bonds is 5. The summed E-state index contributed by atoms with van der Waals surface area (Å²) in [5.41, 5.74) is 0.786. The molecule has 2 aliphatic rings. The topological polar surface area (TPSA) is 131 Å². The van der Waals surface area contributed by atoms with E-state index in [0.717, 1.165) is 36.6 Å². The highest BCUT2D eigenvalue weighted by Gasteiger charge is 2.50. The number of H-pyrrole nitrogens is 2. The Kier molecular flexibility index (Phi) is 5.81. The van der Waals surface area contributed by atoms with E-state index in [2.05, 4.69) is 15.3 Å². The Morgan fingerprint density at radius 1 is 1.26 bits per heavy atom. The molecule has 180 valence electrons. The zero-order valence-electron chi connectivity index (χ0n) is 19.5. The van der Waals surface area contributed by atoms with Crippen molar-refractivity contribution in [3.63, 3.8) is 0 Å². The number of nitrogens with one attached hydrogen (secondary N) is 3. The van der Waals surface area contributed by atoms with Gasteiger partial charge in [-0.05, 0) is 55.0 Å². The van der Waals surface area contributed by atoms with Crippen molar-refractivity contribution in [2.45, 2.75) is 44.2 Å². The van der Waals surface area contributed by atoms with Crippen LogP contribution in [-0.2, 0) is 4.79 Å². The van der Waals surface area contributed by atoms with E-state index in [1.165, 1.54) is 12.3 Å². The second-order valence-electron chi connectivity index (χ2n) is 9.49. The largest absolute Gasteiger partial charge is 0.496 e. The summed E-state index contributed by atoms with van der Waals surface area (Å²) in [6.45, 7) is 0.486. The van der Waals surface area contributed by atoms with Crippen molar-refractivity contribution in [1.82, 2.24) is 20.2 Å². The molecule has 5 rings (SSSR count). The smallest absolute Gasteiger partial charge is 0.271 e. The summed E-state index contributed by atoms with van der Waals surface area (Å²) in [6, 6.07) is 10.6. The molecular weight excluding hydrogens is 446 g/mol. The SMILES string of the molecule is COc1cccc2[nH]c(C(=O)N3CC4(CCCC4)CC3C(=O)NC(C#N)c3ccc[nH]c3=O)cc12. The first kappa shape index (κ1) is 22.7. The molecule has 2 fully saturated rings. The van der Waals surface area contributed by atoms with Gasteiger partial charge in [0.2, 0.25) is 5.91 Å². The lowest BCUT2D eigenvalue weighted by Gasteiger charge is -2.25. The van der Waals surface area contributed by atoms with Gasteiger partial charge in [0.1, 0.15) is 23.5 Å². The van der Waals surface area contributed by atoms with E-state index in [0.29, 0.717) is 24.4 Å². The average Bonchev–Trinajstić information content (AvgIpc) is 3.61. The quantitative estimate of drug-likeness (QED) is 0.524. The third-order valence-corrected chi connectivity index (χ3v) is 7.39. The van der Waals surface area contributed by atoms with Gasteiger partial charge in [-0.2, -0.15) is 5.26 Å². The third kappa shape index (κ3) is 4.05. The van der Waals surface area contributed by atoms with Crippen LogP contribution in [0.5, 0.6) is 5.75 Å². The number of hydrogen-bond donors (Lipinski definition) is 3. The van der Waals surface area contributed by atoms with Crippen LogP contribution in [0.1, 0.15) is 54.2 Å². The normalized spacial score (nSPS) is 19.5. The van der Waals surface area contributed by atoms with E-state index in [9.17, 15) is 19.6 Å². The van der Waals surface area contributed by atoms with Crippen LogP contribution in [0.4, 0.5) is 0 Å². The maximum Gasteiger partial charge on any atom is 0.271 e. The molecule has 3 N–H and O–H groups in total. The number of amides is 2. The number of benzene rings is 1. The van der Waals surface area contributed by atoms with Crippen molar-refractivity contribution in [2.24, 2.45) is 5.41 Å². The van der Waals surface area contributed by atoms with Crippen molar-refractivity contribution >= 4 is 22.7 Å². The molecule has 9 nitrogen and oxygen atoms in total. The van der Waals surface area contributed by atoms with Gasteiger partial charge in [-0.1, -0.05) is 18.9 Å². The number of ether oxygens (including phenoxy) is 1. The molecule has 2 aromatic heterocycles. The van der Waals surface area contributed by atoms with Gasteiger partial charge in [-0.3, -0.25) is 14.4 Å². The minimum absolute atomic E-state index is 0.103. The standard InChI is InChI=1S/C26H27N5O4/c1-35-22-8-4-7-18-17(22)12-19(29-18)25(34)31-15-26(9-2-3-10-26)13-21(31)24(33)30-20(14-27)16-6-5-11-28-23(16)32/h4-8,11-12,20-21,29H,2-3,9-10,13,15H2,1H3,(H,28,32)(H,30,33). The van der Waals surface area contributed by atoms with Gasteiger partial charge in [-0.15, -0.1) is 0 Å². The summed E-state index contributed by atoms with van der Waals surface area (Å²) in [5, 5.41) is 13.2. The Morgan fingerprint density at radius 3 is 2.77 bits per heavy atom. The minimum atomic E-state index is -1.11. The summed E-state index contributed by atoms with van der Waals surface area (Å²) in [7, 11) is 1.58. The average molecular weight is 474 g/mol. The number of fused-ring (bicyclic) bond motifs is 1. The van der Waals surface area contributed by atoms with E-state index >= 15 is 0 Å². The molecule has 3 heterocycles. The van der Waals surface area contributed by atoms with E-state index < -0.39 is 23.6 Å². The summed E-state index contributed by atoms with van der Waals surface area (Å²) >= 11 is 0. The number of likely N-dealkylation sites (tertiary alicyclic amines) is 1. The second-order valence-corrected chi connectivity index (χ2v) is 9.49. The van der Waals surface area contributed by atoms with Gasteiger partial charge >= 0.3 is 0 Å². The Balaban J connectivity index is 1.45. The maximum absolute atomic E-state index is 13.7. The number of aromatic amines is 2. The predicted octanol–water partition coefficient (Wildman–Crippen LogP) is 3.02. The highest BCUT2D eigenvalue weighted by molar-refractivity contribution is 6.01. The summed E-state index contributed by atoms with van der Waals surface area (Å²) in [6.07, 6.45) is 6.07. The van der Waals surface area contributed by atoms with Crippen LogP contribution in [0.15, 0.2) is 47.4 Å². The van der Waals surface area contributed by atoms with Crippen LogP contribution < -0.4 is 15.6 Å². The first-order valence-electron chi connectivity index (χ1n) is 11.8. The second kappa shape index (κ2) is 8.95. The number of aromatic nitrogens is 2. The van der Waals surface area contributed by atoms with Crippen molar-refractivity contribution in [3.05, 3.63) is 64.2 Å². The molecule has 0 radical (unpaired) electrons. The number of carbonyl (C=O) groups excluding carboxylic acids is 2. The lowest BCUT2D eigenvalue weighted by Crippen LogP contribution is -2.47. The first-order chi connectivity index (χ1) is 16.9. The van der Waals surface area contributed by atoms with Crippen molar-refractivity contribution in [1.29, 1.82) is 5.26 Å². The summed E-state index contributed by atoms with van der Waals surface area (Å²) in [5.74, 6) is -0.0328. The number of hydrogen-bond acceptors (Lipinski definition) is 5. The third-order valence-electron chi connectivity index (χ3n) is 7.39. The molecule has 1 saturated carbocycles. The number of carbonyl (C=O) groups is 2. The molecule has 1 aliphatic carbocycles. The number of methoxy groups -OCH3 is 1. The molecule has 1 spiro atoms. The maximum atomic E-state index is 13.7. The highest BCUT2D eigenvalue weighted by Crippen LogP contribution is 2.48. The molecule has 3 aromatic rings. The van der Waals surface area contributed by atoms with Crippen LogP contribution >= 0.6 is 0 Å². The van der Waals surface area contributed by atoms with Crippen LogP contribution in [0.25, 0.3) is 10.9 Å². The van der Waals surface area contributed by atoms with Gasteiger partial charge in [0.25, 0.3) is 11.5 Å². The monoisotopic (exact) mass is 473 g/mol. The molecule has 1 saturated heterocycles. The van der Waals surface area contributed by atoms with Crippen molar-refractivity contribution in [3.8, 4) is 11.8 Å². The van der Waals surface area contributed by atoms with Crippen molar-refractivity contribution < 1.29 is 14.3 Å². The zero-order chi connectivity index (χ0) is 24.6. The van der Waals surface area contributed by atoms with Gasteiger partial charge in [0, 0.05) is 23.6 Å². The van der Waals surface area contributed by atoms with E-state index in [-0.39, 0.29) is 16.9 Å². The van der Waals surface area contributed by atoms with Crippen molar-refractivity contribution in [2.75, 3.05) is 13.7 Å². The fraction of sp³-hybridized carbons (Fsp3) is 0.385. The first-order valence-corrected chi connectivity index (χ1v) is 11.8. The lowest BCUT2D eigenvalue weighted by molar-refractivity contribution is -0.125. The predicted molar refractivity (Wildman–Crippen MR) is 129 cm³/mol. The minimum Gasteiger partial charge on any atom is -0.496 e. The molecule has 2 unspecified atom stereocenters. The van der Waals surface area contributed by atoms with Crippen LogP contribution in [0.3, 0.4) is 0 Å². The molecule has 1 aliphatic heterocycles. The van der Waals surface area contributed by atoms with Crippen LogP contribution in [0, 0.1) is 16.7 Å². The molecule has 35 heavy (non-hydrogen) atoms. The van der Waals surface area contributed by atoms with E-state index in [1.807, 2.05) is 24.3 Å². The number of nitrogens with zero attached hydrogens (tertiary/aromatic N) is 2. The zero-order valence-corrected chi connectivity index (χ0v) is 19.5. The Hall–Kier alpha value is -4.06. The summed E-state index contributed by atoms with van der Waals surface area (Å²) in [4.78, 5) is 46.7. The Morgan fingerprint density at radius 2 is 2.06 bits per heavy atom.